The number of rotatable bonds is 12. The van der Waals surface area contributed by atoms with Gasteiger partial charge in [-0.1, -0.05) is 60.7 Å². The molecule has 0 unspecified atom stereocenters. The van der Waals surface area contributed by atoms with Gasteiger partial charge < -0.3 is 14.5 Å². The summed E-state index contributed by atoms with van der Waals surface area (Å²) >= 11 is 1.66. The summed E-state index contributed by atoms with van der Waals surface area (Å²) in [6, 6.07) is 25.8. The number of fused-ring (bicyclic) bond motifs is 1. The van der Waals surface area contributed by atoms with E-state index < -0.39 is 0 Å². The smallest absolute Gasteiger partial charge is 0.254 e. The Morgan fingerprint density at radius 2 is 1.62 bits per heavy atom. The third kappa shape index (κ3) is 7.28. The molecular weight excluding hydrogens is 480 g/mol. The lowest BCUT2D eigenvalue weighted by atomic mass is 10.1. The van der Waals surface area contributed by atoms with Gasteiger partial charge in [0.15, 0.2) is 0 Å². The number of hydrogen-bond acceptors (Lipinski definition) is 4. The number of carbonyl (C=O) groups excluding carboxylic acids is 2. The number of hydrogen-bond donors (Lipinski definition) is 0. The lowest BCUT2D eigenvalue weighted by molar-refractivity contribution is -0.133. The van der Waals surface area contributed by atoms with Crippen LogP contribution in [0.15, 0.2) is 84.2 Å². The van der Waals surface area contributed by atoms with Gasteiger partial charge in [0, 0.05) is 36.7 Å². The number of thiophene rings is 1. The highest BCUT2D eigenvalue weighted by Gasteiger charge is 2.23. The highest BCUT2D eigenvalue weighted by Crippen LogP contribution is 2.21. The van der Waals surface area contributed by atoms with E-state index in [1.807, 2.05) is 84.6 Å². The second kappa shape index (κ2) is 13.2. The van der Waals surface area contributed by atoms with Gasteiger partial charge in [0.05, 0.1) is 6.54 Å². The van der Waals surface area contributed by atoms with Crippen LogP contribution < -0.4 is 0 Å². The minimum Gasteiger partial charge on any atom is -0.382 e. The first-order valence-electron chi connectivity index (χ1n) is 12.8. The Hall–Kier alpha value is -3.48. The SMILES string of the molecule is CCOCCCN(CC(=O)N(Cc1ccccc1)Cc1sccc1C)C(=O)c1ccc2ccccc2c1. The second-order valence-corrected chi connectivity index (χ2v) is 10.1. The lowest BCUT2D eigenvalue weighted by Crippen LogP contribution is -2.43. The van der Waals surface area contributed by atoms with Crippen LogP contribution in [0.4, 0.5) is 0 Å². The van der Waals surface area contributed by atoms with Crippen LogP contribution in [-0.4, -0.2) is 47.9 Å². The third-order valence-corrected chi connectivity index (χ3v) is 7.41. The van der Waals surface area contributed by atoms with Gasteiger partial charge >= 0.3 is 0 Å². The first-order chi connectivity index (χ1) is 18.0. The Morgan fingerprint density at radius 1 is 0.865 bits per heavy atom. The van der Waals surface area contributed by atoms with Crippen molar-refractivity contribution in [3.05, 3.63) is 106 Å². The molecule has 0 aliphatic rings. The average molecular weight is 515 g/mol. The summed E-state index contributed by atoms with van der Waals surface area (Å²) < 4.78 is 5.51. The maximum absolute atomic E-state index is 13.7. The van der Waals surface area contributed by atoms with E-state index in [0.29, 0.717) is 44.8 Å². The van der Waals surface area contributed by atoms with E-state index in [4.69, 9.17) is 4.74 Å². The van der Waals surface area contributed by atoms with E-state index in [1.165, 1.54) is 5.56 Å². The molecule has 0 N–H and O–H groups in total. The van der Waals surface area contributed by atoms with Gasteiger partial charge in [-0.25, -0.2) is 0 Å². The number of ether oxygens (including phenoxy) is 1. The van der Waals surface area contributed by atoms with Gasteiger partial charge in [0.1, 0.15) is 6.54 Å². The number of amides is 2. The van der Waals surface area contributed by atoms with E-state index in [2.05, 4.69) is 18.4 Å². The van der Waals surface area contributed by atoms with Crippen LogP contribution in [-0.2, 0) is 22.6 Å². The van der Waals surface area contributed by atoms with Crippen LogP contribution in [0.1, 0.15) is 39.7 Å². The van der Waals surface area contributed by atoms with E-state index in [9.17, 15) is 9.59 Å². The normalized spacial score (nSPS) is 11.0. The number of aryl methyl sites for hydroxylation is 1. The highest BCUT2D eigenvalue weighted by molar-refractivity contribution is 7.10. The van der Waals surface area contributed by atoms with Crippen molar-refractivity contribution < 1.29 is 14.3 Å². The molecule has 0 aliphatic carbocycles. The van der Waals surface area contributed by atoms with Crippen molar-refractivity contribution in [1.82, 2.24) is 9.80 Å². The zero-order valence-electron chi connectivity index (χ0n) is 21.6. The van der Waals surface area contributed by atoms with Crippen LogP contribution in [0.25, 0.3) is 10.8 Å². The van der Waals surface area contributed by atoms with Crippen LogP contribution in [0.5, 0.6) is 0 Å². The second-order valence-electron chi connectivity index (χ2n) is 9.10. The van der Waals surface area contributed by atoms with Crippen LogP contribution >= 0.6 is 11.3 Å². The summed E-state index contributed by atoms with van der Waals surface area (Å²) in [6.45, 7) is 6.69. The summed E-state index contributed by atoms with van der Waals surface area (Å²) in [7, 11) is 0. The molecule has 192 valence electrons. The van der Waals surface area contributed by atoms with Crippen molar-refractivity contribution in [3.63, 3.8) is 0 Å². The maximum Gasteiger partial charge on any atom is 0.254 e. The van der Waals surface area contributed by atoms with E-state index >= 15 is 0 Å². The van der Waals surface area contributed by atoms with Gasteiger partial charge in [-0.05, 0) is 65.7 Å². The Morgan fingerprint density at radius 3 is 2.35 bits per heavy atom. The topological polar surface area (TPSA) is 49.9 Å². The van der Waals surface area contributed by atoms with Crippen LogP contribution in [0, 0.1) is 6.92 Å². The standard InChI is InChI=1S/C31H34N2O3S/c1-3-36-18-9-17-32(31(35)28-15-14-26-12-7-8-13-27(26)20-28)23-30(34)33(21-25-10-5-4-6-11-25)22-29-24(2)16-19-37-29/h4-8,10-16,19-20H,3,9,17-18,21-23H2,1-2H3. The molecule has 1 heterocycles. The fourth-order valence-corrected chi connectivity index (χ4v) is 5.22. The molecule has 0 saturated carbocycles. The average Bonchev–Trinajstić information content (AvgIpc) is 3.33. The zero-order chi connectivity index (χ0) is 26.0. The predicted octanol–water partition coefficient (Wildman–Crippen LogP) is 6.31. The van der Waals surface area contributed by atoms with Gasteiger partial charge in [0.2, 0.25) is 5.91 Å². The lowest BCUT2D eigenvalue weighted by Gasteiger charge is -2.28. The molecule has 0 spiro atoms. The molecule has 0 atom stereocenters. The van der Waals surface area contributed by atoms with Crippen LogP contribution in [0.3, 0.4) is 0 Å². The number of carbonyl (C=O) groups is 2. The van der Waals surface area contributed by atoms with E-state index in [1.54, 1.807) is 16.2 Å². The molecule has 4 aromatic rings. The molecule has 0 aliphatic heterocycles. The molecule has 5 nitrogen and oxygen atoms in total. The number of nitrogens with zero attached hydrogens (tertiary/aromatic N) is 2. The monoisotopic (exact) mass is 514 g/mol. The van der Waals surface area contributed by atoms with Crippen molar-refractivity contribution in [2.45, 2.75) is 33.4 Å². The van der Waals surface area contributed by atoms with Gasteiger partial charge in [-0.3, -0.25) is 9.59 Å². The fourth-order valence-electron chi connectivity index (χ4n) is 4.30. The molecule has 0 saturated heterocycles. The Balaban J connectivity index is 1.56. The molecule has 6 heteroatoms. The minimum absolute atomic E-state index is 0.0229. The fraction of sp³-hybridized carbons (Fsp3) is 0.290. The number of benzene rings is 3. The quantitative estimate of drug-likeness (QED) is 0.208. The van der Waals surface area contributed by atoms with Crippen molar-refractivity contribution in [1.29, 1.82) is 0 Å². The third-order valence-electron chi connectivity index (χ3n) is 6.40. The van der Waals surface area contributed by atoms with Crippen molar-refractivity contribution in [2.24, 2.45) is 0 Å². The van der Waals surface area contributed by atoms with Gasteiger partial charge in [-0.15, -0.1) is 11.3 Å². The molecule has 3 aromatic carbocycles. The molecular formula is C31H34N2O3S. The molecule has 0 fully saturated rings. The molecule has 0 radical (unpaired) electrons. The largest absolute Gasteiger partial charge is 0.382 e. The van der Waals surface area contributed by atoms with Gasteiger partial charge in [-0.2, -0.15) is 0 Å². The molecule has 37 heavy (non-hydrogen) atoms. The minimum atomic E-state index is -0.137. The Labute approximate surface area is 223 Å². The summed E-state index contributed by atoms with van der Waals surface area (Å²) in [5.41, 5.74) is 2.83. The predicted molar refractivity (Wildman–Crippen MR) is 151 cm³/mol. The van der Waals surface area contributed by atoms with Gasteiger partial charge in [0.25, 0.3) is 5.91 Å². The molecule has 4 rings (SSSR count). The Bertz CT molecular complexity index is 1320. The summed E-state index contributed by atoms with van der Waals surface area (Å²) in [5.74, 6) is -0.204. The highest BCUT2D eigenvalue weighted by atomic mass is 32.1. The maximum atomic E-state index is 13.7. The van der Waals surface area contributed by atoms with E-state index in [0.717, 1.165) is 21.2 Å². The van der Waals surface area contributed by atoms with E-state index in [-0.39, 0.29) is 18.4 Å². The summed E-state index contributed by atoms with van der Waals surface area (Å²) in [6.07, 6.45) is 0.670. The van der Waals surface area contributed by atoms with Crippen molar-refractivity contribution >= 4 is 33.9 Å². The molecule has 1 aromatic heterocycles. The summed E-state index contributed by atoms with van der Waals surface area (Å²) in [5, 5.41) is 4.14. The van der Waals surface area contributed by atoms with Crippen molar-refractivity contribution in [2.75, 3.05) is 26.3 Å². The first kappa shape index (κ1) is 26.6. The summed E-state index contributed by atoms with van der Waals surface area (Å²) in [4.78, 5) is 32.1. The Kier molecular flexibility index (Phi) is 9.46. The molecule has 2 amide bonds. The zero-order valence-corrected chi connectivity index (χ0v) is 22.4. The van der Waals surface area contributed by atoms with Crippen LogP contribution in [0.2, 0.25) is 0 Å². The first-order valence-corrected chi connectivity index (χ1v) is 13.6. The molecule has 0 bridgehead atoms. The van der Waals surface area contributed by atoms with Crippen molar-refractivity contribution in [3.8, 4) is 0 Å².